The van der Waals surface area contributed by atoms with Gasteiger partial charge in [-0.2, -0.15) is 0 Å². The lowest BCUT2D eigenvalue weighted by molar-refractivity contribution is -0.107. The SMILES string of the molecule is CCCC1(C2Oc3c(C)c4c(c(Cl)c3O2)CCN(Cc2c(C)cc(C)[nH]c2=O)C4=O)CCC(C)(N(C)C)CC1. The number of H-pyrrole nitrogens is 1. The molecular weight excluding hydrogens is 514 g/mol. The number of benzene rings is 1. The molecule has 5 rings (SSSR count). The molecule has 1 amide bonds. The van der Waals surface area contributed by atoms with Gasteiger partial charge in [0.25, 0.3) is 11.5 Å². The minimum absolute atomic E-state index is 0.0976. The lowest BCUT2D eigenvalue weighted by atomic mass is 9.65. The molecule has 1 N–H and O–H groups in total. The topological polar surface area (TPSA) is 74.9 Å². The smallest absolute Gasteiger partial charge is 0.254 e. The molecule has 1 atom stereocenters. The van der Waals surface area contributed by atoms with Crippen LogP contribution in [0.1, 0.15) is 90.7 Å². The number of aromatic nitrogens is 1. The van der Waals surface area contributed by atoms with Crippen LogP contribution in [0.15, 0.2) is 10.9 Å². The van der Waals surface area contributed by atoms with Crippen molar-refractivity contribution >= 4 is 17.5 Å². The average Bonchev–Trinajstić information content (AvgIpc) is 3.34. The Kier molecular flexibility index (Phi) is 7.30. The van der Waals surface area contributed by atoms with Gasteiger partial charge in [-0.1, -0.05) is 24.9 Å². The van der Waals surface area contributed by atoms with Crippen LogP contribution in [0.5, 0.6) is 11.5 Å². The van der Waals surface area contributed by atoms with Crippen LogP contribution in [0.25, 0.3) is 0 Å². The van der Waals surface area contributed by atoms with E-state index in [-0.39, 0.29) is 29.0 Å². The largest absolute Gasteiger partial charge is 0.450 e. The maximum Gasteiger partial charge on any atom is 0.254 e. The number of fused-ring (bicyclic) bond motifs is 2. The molecule has 1 aromatic heterocycles. The third-order valence-electron chi connectivity index (χ3n) is 9.76. The Labute approximate surface area is 236 Å². The first-order valence-electron chi connectivity index (χ1n) is 14.2. The zero-order chi connectivity index (χ0) is 28.3. The van der Waals surface area contributed by atoms with Crippen molar-refractivity contribution < 1.29 is 14.3 Å². The summed E-state index contributed by atoms with van der Waals surface area (Å²) in [5, 5.41) is 0.492. The second-order valence-electron chi connectivity index (χ2n) is 12.4. The van der Waals surface area contributed by atoms with E-state index in [1.54, 1.807) is 4.90 Å². The Hall–Kier alpha value is -2.51. The van der Waals surface area contributed by atoms with Crippen LogP contribution in [-0.4, -0.2) is 53.2 Å². The molecule has 0 saturated heterocycles. The van der Waals surface area contributed by atoms with Crippen molar-refractivity contribution in [1.29, 1.82) is 0 Å². The number of carbonyl (C=O) groups is 1. The number of amides is 1. The molecule has 1 aromatic carbocycles. The van der Waals surface area contributed by atoms with Crippen molar-refractivity contribution in [3.63, 3.8) is 0 Å². The molecule has 1 aliphatic carbocycles. The van der Waals surface area contributed by atoms with E-state index in [1.165, 1.54) is 0 Å². The molecule has 39 heavy (non-hydrogen) atoms. The Balaban J connectivity index is 1.44. The first kappa shape index (κ1) is 28.0. The standard InChI is InChI=1S/C31H42ClN3O4/c1-8-10-31(13-11-30(5,12-14-31)34(6)7)29-38-25-20(4)23-21(24(32)26(25)39-29)9-15-35(28(23)37)17-22-18(2)16-19(3)33-27(22)36/h16,29H,8-15,17H2,1-7H3,(H,33,36). The molecule has 1 unspecified atom stereocenters. The molecule has 1 fully saturated rings. The van der Waals surface area contributed by atoms with E-state index in [1.807, 2.05) is 26.8 Å². The number of aromatic amines is 1. The fourth-order valence-corrected chi connectivity index (χ4v) is 7.20. The number of ether oxygens (including phenoxy) is 2. The van der Waals surface area contributed by atoms with Crippen LogP contribution in [-0.2, 0) is 13.0 Å². The highest BCUT2D eigenvalue weighted by Gasteiger charge is 2.51. The lowest BCUT2D eigenvalue weighted by Crippen LogP contribution is -2.51. The fourth-order valence-electron chi connectivity index (χ4n) is 6.88. The summed E-state index contributed by atoms with van der Waals surface area (Å²) in [7, 11) is 4.32. The summed E-state index contributed by atoms with van der Waals surface area (Å²) in [5.74, 6) is 1.06. The highest BCUT2D eigenvalue weighted by molar-refractivity contribution is 6.34. The zero-order valence-electron chi connectivity index (χ0n) is 24.4. The monoisotopic (exact) mass is 555 g/mol. The molecule has 0 bridgehead atoms. The third kappa shape index (κ3) is 4.65. The number of hydrogen-bond donors (Lipinski definition) is 1. The van der Waals surface area contributed by atoms with E-state index in [2.05, 4.69) is 37.8 Å². The number of rotatable bonds is 6. The van der Waals surface area contributed by atoms with Gasteiger partial charge in [0.15, 0.2) is 11.5 Å². The van der Waals surface area contributed by atoms with Crippen molar-refractivity contribution in [3.05, 3.63) is 55.0 Å². The molecule has 7 nitrogen and oxygen atoms in total. The minimum Gasteiger partial charge on any atom is -0.450 e. The lowest BCUT2D eigenvalue weighted by Gasteiger charge is -2.49. The van der Waals surface area contributed by atoms with Gasteiger partial charge in [0, 0.05) is 34.3 Å². The van der Waals surface area contributed by atoms with Crippen molar-refractivity contribution in [2.75, 3.05) is 20.6 Å². The Morgan fingerprint density at radius 1 is 1.10 bits per heavy atom. The van der Waals surface area contributed by atoms with Crippen molar-refractivity contribution in [3.8, 4) is 11.5 Å². The highest BCUT2D eigenvalue weighted by atomic mass is 35.5. The fraction of sp³-hybridized carbons (Fsp3) is 0.613. The molecule has 1 saturated carbocycles. The number of nitrogens with one attached hydrogen (secondary N) is 1. The first-order chi connectivity index (χ1) is 18.4. The van der Waals surface area contributed by atoms with Gasteiger partial charge in [-0.05, 0) is 97.5 Å². The summed E-state index contributed by atoms with van der Waals surface area (Å²) in [4.78, 5) is 33.4. The number of pyridine rings is 1. The quantitative estimate of drug-likeness (QED) is 0.478. The maximum atomic E-state index is 13.8. The third-order valence-corrected chi connectivity index (χ3v) is 10.2. The second kappa shape index (κ2) is 10.2. The summed E-state index contributed by atoms with van der Waals surface area (Å²) >= 11 is 6.96. The maximum absolute atomic E-state index is 13.8. The number of hydrogen-bond acceptors (Lipinski definition) is 5. The summed E-state index contributed by atoms with van der Waals surface area (Å²) < 4.78 is 13.2. The molecule has 3 aliphatic rings. The Morgan fingerprint density at radius 3 is 2.38 bits per heavy atom. The van der Waals surface area contributed by atoms with Gasteiger partial charge in [-0.3, -0.25) is 9.59 Å². The first-order valence-corrected chi connectivity index (χ1v) is 14.6. The van der Waals surface area contributed by atoms with Gasteiger partial charge in [0.2, 0.25) is 6.29 Å². The van der Waals surface area contributed by atoms with E-state index in [0.717, 1.165) is 60.9 Å². The summed E-state index contributed by atoms with van der Waals surface area (Å²) in [6.07, 6.45) is 6.44. The van der Waals surface area contributed by atoms with Crippen LogP contribution >= 0.6 is 11.6 Å². The molecular formula is C31H42ClN3O4. The van der Waals surface area contributed by atoms with Crippen molar-refractivity contribution in [2.45, 2.75) is 97.9 Å². The Morgan fingerprint density at radius 2 is 1.77 bits per heavy atom. The van der Waals surface area contributed by atoms with E-state index in [9.17, 15) is 9.59 Å². The van der Waals surface area contributed by atoms with Gasteiger partial charge < -0.3 is 24.3 Å². The van der Waals surface area contributed by atoms with E-state index >= 15 is 0 Å². The van der Waals surface area contributed by atoms with Crippen LogP contribution in [0, 0.1) is 26.2 Å². The number of aryl methyl sites for hydroxylation is 2. The molecule has 3 heterocycles. The van der Waals surface area contributed by atoms with Crippen LogP contribution in [0.3, 0.4) is 0 Å². The highest BCUT2D eigenvalue weighted by Crippen LogP contribution is 2.55. The predicted octanol–water partition coefficient (Wildman–Crippen LogP) is 5.93. The normalized spacial score (nSPS) is 26.3. The summed E-state index contributed by atoms with van der Waals surface area (Å²) in [6, 6.07) is 1.94. The van der Waals surface area contributed by atoms with E-state index in [0.29, 0.717) is 40.6 Å². The van der Waals surface area contributed by atoms with Gasteiger partial charge in [-0.15, -0.1) is 0 Å². The number of carbonyl (C=O) groups excluding carboxylic acids is 1. The van der Waals surface area contributed by atoms with Gasteiger partial charge in [-0.25, -0.2) is 0 Å². The van der Waals surface area contributed by atoms with Gasteiger partial charge >= 0.3 is 0 Å². The van der Waals surface area contributed by atoms with Crippen LogP contribution < -0.4 is 15.0 Å². The van der Waals surface area contributed by atoms with E-state index < -0.39 is 6.29 Å². The second-order valence-corrected chi connectivity index (χ2v) is 12.8. The zero-order valence-corrected chi connectivity index (χ0v) is 25.2. The van der Waals surface area contributed by atoms with Crippen LogP contribution in [0.2, 0.25) is 5.02 Å². The van der Waals surface area contributed by atoms with Crippen molar-refractivity contribution in [1.82, 2.24) is 14.8 Å². The molecule has 2 aromatic rings. The summed E-state index contributed by atoms with van der Waals surface area (Å²) in [5.41, 5.74) is 4.42. The Bertz CT molecular complexity index is 1360. The molecule has 2 aliphatic heterocycles. The summed E-state index contributed by atoms with van der Waals surface area (Å²) in [6.45, 7) is 11.0. The molecule has 0 spiro atoms. The van der Waals surface area contributed by atoms with Gasteiger partial charge in [0.1, 0.15) is 0 Å². The van der Waals surface area contributed by atoms with Crippen LogP contribution in [0.4, 0.5) is 0 Å². The molecule has 8 heteroatoms. The molecule has 0 radical (unpaired) electrons. The minimum atomic E-state index is -0.417. The predicted molar refractivity (Wildman–Crippen MR) is 154 cm³/mol. The molecule has 212 valence electrons. The van der Waals surface area contributed by atoms with Crippen molar-refractivity contribution in [2.24, 2.45) is 5.41 Å². The van der Waals surface area contributed by atoms with Gasteiger partial charge in [0.05, 0.1) is 17.1 Å². The number of nitrogens with zero attached hydrogens (tertiary/aromatic N) is 2. The average molecular weight is 556 g/mol. The number of halogens is 1. The van der Waals surface area contributed by atoms with E-state index in [4.69, 9.17) is 21.1 Å².